The van der Waals surface area contributed by atoms with Crippen molar-refractivity contribution in [3.05, 3.63) is 148 Å². The lowest BCUT2D eigenvalue weighted by Gasteiger charge is -2.25. The second kappa shape index (κ2) is 13.0. The number of aromatic nitrogens is 3. The van der Waals surface area contributed by atoms with Crippen LogP contribution in [-0.4, -0.2) is 32.0 Å². The fraction of sp³-hybridized carbons (Fsp3) is 0.147. The maximum atomic E-state index is 14.1. The van der Waals surface area contributed by atoms with Crippen LogP contribution >= 0.6 is 23.1 Å². The van der Waals surface area contributed by atoms with E-state index in [1.165, 1.54) is 10.6 Å². The molecule has 2 aromatic heterocycles. The number of carbonyl (C=O) groups is 1. The van der Waals surface area contributed by atoms with Crippen molar-refractivity contribution in [3.8, 4) is 0 Å². The fourth-order valence-corrected chi connectivity index (χ4v) is 7.18. The Morgan fingerprint density at radius 1 is 1.02 bits per heavy atom. The number of esters is 1. The molecule has 0 aliphatic carbocycles. The van der Waals surface area contributed by atoms with E-state index in [0.29, 0.717) is 41.8 Å². The van der Waals surface area contributed by atoms with Crippen LogP contribution in [0.5, 0.6) is 0 Å². The summed E-state index contributed by atoms with van der Waals surface area (Å²) >= 11 is 2.26. The Morgan fingerprint density at radius 3 is 2.35 bits per heavy atom. The lowest BCUT2D eigenvalue weighted by atomic mass is 9.93. The van der Waals surface area contributed by atoms with E-state index >= 15 is 0 Å². The van der Waals surface area contributed by atoms with Crippen LogP contribution in [0.2, 0.25) is 0 Å². The van der Waals surface area contributed by atoms with Gasteiger partial charge in [-0.3, -0.25) is 19.5 Å². The predicted octanol–water partition coefficient (Wildman–Crippen LogP) is 5.40. The van der Waals surface area contributed by atoms with Crippen LogP contribution < -0.4 is 14.9 Å². The third-order valence-electron chi connectivity index (χ3n) is 7.13. The van der Waals surface area contributed by atoms with Gasteiger partial charge in [-0.1, -0.05) is 78.1 Å². The van der Waals surface area contributed by atoms with E-state index in [1.807, 2.05) is 80.6 Å². The first kappa shape index (κ1) is 30.8. The number of hydrogen-bond donors (Lipinski definition) is 0. The van der Waals surface area contributed by atoms with Gasteiger partial charge in [0.15, 0.2) is 9.96 Å². The molecule has 0 radical (unpaired) electrons. The molecule has 0 saturated carbocycles. The molecule has 0 N–H and O–H groups in total. The van der Waals surface area contributed by atoms with Crippen LogP contribution in [0.1, 0.15) is 41.0 Å². The van der Waals surface area contributed by atoms with Crippen molar-refractivity contribution in [1.29, 1.82) is 0 Å². The zero-order chi connectivity index (χ0) is 32.4. The van der Waals surface area contributed by atoms with Crippen molar-refractivity contribution >= 4 is 46.5 Å². The van der Waals surface area contributed by atoms with Crippen LogP contribution in [0.3, 0.4) is 0 Å². The first-order valence-electron chi connectivity index (χ1n) is 14.4. The van der Waals surface area contributed by atoms with Gasteiger partial charge in [0.25, 0.3) is 11.2 Å². The van der Waals surface area contributed by atoms with Crippen molar-refractivity contribution in [2.45, 2.75) is 36.9 Å². The Bertz CT molecular complexity index is 2170. The smallest absolute Gasteiger partial charge is 0.338 e. The predicted molar refractivity (Wildman–Crippen MR) is 176 cm³/mol. The number of fused-ring (bicyclic) bond motifs is 1. The molecule has 12 heteroatoms. The molecule has 3 heterocycles. The Kier molecular flexibility index (Phi) is 8.73. The summed E-state index contributed by atoms with van der Waals surface area (Å²) in [5.41, 5.74) is 3.58. The molecule has 1 atom stereocenters. The van der Waals surface area contributed by atoms with Gasteiger partial charge in [0.05, 0.1) is 38.3 Å². The zero-order valence-electron chi connectivity index (χ0n) is 25.0. The molecular formula is C34H27N5O5S2. The monoisotopic (exact) mass is 649 g/mol. The van der Waals surface area contributed by atoms with Crippen molar-refractivity contribution < 1.29 is 14.5 Å². The molecule has 230 valence electrons. The second-order valence-electron chi connectivity index (χ2n) is 10.4. The molecule has 0 amide bonds. The van der Waals surface area contributed by atoms with Gasteiger partial charge in [-0.15, -0.1) is 0 Å². The fourth-order valence-electron chi connectivity index (χ4n) is 5.23. The minimum atomic E-state index is -0.806. The van der Waals surface area contributed by atoms with Gasteiger partial charge in [0.1, 0.15) is 0 Å². The molecule has 5 aromatic rings. The number of rotatable bonds is 8. The summed E-state index contributed by atoms with van der Waals surface area (Å²) < 4.78 is 7.30. The number of aryl methyl sites for hydroxylation is 2. The van der Waals surface area contributed by atoms with Crippen molar-refractivity contribution in [3.63, 3.8) is 0 Å². The molecule has 1 aliphatic heterocycles. The van der Waals surface area contributed by atoms with Gasteiger partial charge in [0, 0.05) is 23.0 Å². The van der Waals surface area contributed by atoms with Crippen molar-refractivity contribution in [2.75, 3.05) is 6.61 Å². The quantitative estimate of drug-likeness (QED) is 0.0946. The highest BCUT2D eigenvalue weighted by Crippen LogP contribution is 2.36. The molecule has 10 nitrogen and oxygen atoms in total. The highest BCUT2D eigenvalue weighted by atomic mass is 32.2. The van der Waals surface area contributed by atoms with Crippen LogP contribution in [-0.2, 0) is 9.53 Å². The van der Waals surface area contributed by atoms with Crippen LogP contribution in [0.4, 0.5) is 5.69 Å². The topological polar surface area (TPSA) is 130 Å². The third-order valence-corrected chi connectivity index (χ3v) is 9.04. The minimum absolute atomic E-state index is 0.132. The molecule has 0 bridgehead atoms. The number of benzene rings is 3. The summed E-state index contributed by atoms with van der Waals surface area (Å²) in [6.45, 7) is 5.56. The average molecular weight is 650 g/mol. The molecule has 1 aliphatic rings. The van der Waals surface area contributed by atoms with E-state index in [-0.39, 0.29) is 23.4 Å². The highest BCUT2D eigenvalue weighted by molar-refractivity contribution is 7.99. The molecule has 0 fully saturated rings. The minimum Gasteiger partial charge on any atom is -0.463 e. The van der Waals surface area contributed by atoms with Crippen molar-refractivity contribution in [1.82, 2.24) is 14.5 Å². The summed E-state index contributed by atoms with van der Waals surface area (Å²) in [5, 5.41) is 12.5. The number of ether oxygens (including phenoxy) is 1. The summed E-state index contributed by atoms with van der Waals surface area (Å²) in [4.78, 5) is 53.7. The molecule has 46 heavy (non-hydrogen) atoms. The molecule has 3 aromatic carbocycles. The largest absolute Gasteiger partial charge is 0.463 e. The van der Waals surface area contributed by atoms with Gasteiger partial charge < -0.3 is 4.74 Å². The van der Waals surface area contributed by atoms with Gasteiger partial charge >= 0.3 is 5.97 Å². The summed E-state index contributed by atoms with van der Waals surface area (Å²) in [6, 6.07) is 24.4. The van der Waals surface area contributed by atoms with E-state index in [1.54, 1.807) is 25.1 Å². The zero-order valence-corrected chi connectivity index (χ0v) is 26.7. The molecule has 0 unspecified atom stereocenters. The van der Waals surface area contributed by atoms with Crippen molar-refractivity contribution in [2.24, 2.45) is 4.99 Å². The van der Waals surface area contributed by atoms with Crippen LogP contribution in [0, 0.1) is 24.0 Å². The number of nitro groups is 1. The van der Waals surface area contributed by atoms with Crippen LogP contribution in [0.25, 0.3) is 11.8 Å². The number of thiazole rings is 1. The van der Waals surface area contributed by atoms with Gasteiger partial charge in [-0.05, 0) is 61.9 Å². The van der Waals surface area contributed by atoms with E-state index in [0.717, 1.165) is 34.5 Å². The SMILES string of the molecule is CCOC(=O)C1=C(c2ccccc2)N=c2s/c(=C/c3ccc(Sc4nc(C)cc(C)n4)c([N+](=O)[O-])c3)c(=O)n2[C@@H]1c1ccccc1. The van der Waals surface area contributed by atoms with Gasteiger partial charge in [0.2, 0.25) is 0 Å². The molecule has 0 saturated heterocycles. The maximum Gasteiger partial charge on any atom is 0.338 e. The lowest BCUT2D eigenvalue weighted by molar-refractivity contribution is -0.387. The summed E-state index contributed by atoms with van der Waals surface area (Å²) in [6.07, 6.45) is 1.61. The number of nitro benzene ring substituents is 1. The van der Waals surface area contributed by atoms with E-state index in [4.69, 9.17) is 9.73 Å². The summed E-state index contributed by atoms with van der Waals surface area (Å²) in [5.74, 6) is -0.565. The maximum absolute atomic E-state index is 14.1. The standard InChI is InChI=1S/C34H27N5O5S2/c1-4-44-32(41)28-29(23-11-7-5-8-12-23)37-34-38(30(28)24-13-9-6-10-14-24)31(40)27(46-34)19-22-15-16-26(25(18-22)39(42)43)45-33-35-20(2)17-21(3)36-33/h5-19,30H,4H2,1-3H3/b27-19+/t30-/m1/s1. The average Bonchev–Trinajstić information content (AvgIpc) is 3.35. The molecular weight excluding hydrogens is 623 g/mol. The number of hydrogen-bond acceptors (Lipinski definition) is 10. The normalized spacial score (nSPS) is 14.5. The van der Waals surface area contributed by atoms with Gasteiger partial charge in [-0.25, -0.2) is 19.8 Å². The van der Waals surface area contributed by atoms with E-state index in [2.05, 4.69) is 9.97 Å². The Labute approximate surface area is 271 Å². The Hall–Kier alpha value is -5.20. The lowest BCUT2D eigenvalue weighted by Crippen LogP contribution is -2.39. The van der Waals surface area contributed by atoms with Gasteiger partial charge in [-0.2, -0.15) is 0 Å². The summed E-state index contributed by atoms with van der Waals surface area (Å²) in [7, 11) is 0. The van der Waals surface area contributed by atoms with E-state index < -0.39 is 16.9 Å². The second-order valence-corrected chi connectivity index (χ2v) is 12.4. The van der Waals surface area contributed by atoms with Crippen LogP contribution in [0.15, 0.2) is 110 Å². The molecule has 0 spiro atoms. The number of nitrogens with zero attached hydrogens (tertiary/aromatic N) is 5. The van der Waals surface area contributed by atoms with E-state index in [9.17, 15) is 19.7 Å². The molecule has 6 rings (SSSR count). The number of carbonyl (C=O) groups excluding carboxylic acids is 1. The third kappa shape index (κ3) is 6.17. The highest BCUT2D eigenvalue weighted by Gasteiger charge is 2.35. The first-order chi connectivity index (χ1) is 22.2. The Morgan fingerprint density at radius 2 is 1.70 bits per heavy atom. The first-order valence-corrected chi connectivity index (χ1v) is 16.0. The Balaban J connectivity index is 1.51.